The number of para-hydroxylation sites is 1. The highest BCUT2D eigenvalue weighted by Gasteiger charge is 2.12. The zero-order valence-corrected chi connectivity index (χ0v) is 9.71. The van der Waals surface area contributed by atoms with Crippen molar-refractivity contribution in [1.82, 2.24) is 5.32 Å². The van der Waals surface area contributed by atoms with Crippen LogP contribution in [0.25, 0.3) is 0 Å². The summed E-state index contributed by atoms with van der Waals surface area (Å²) in [5.41, 5.74) is 0.738. The molecular formula is C11H15ClN2O. The van der Waals surface area contributed by atoms with E-state index in [1.807, 2.05) is 25.1 Å². The van der Waals surface area contributed by atoms with Gasteiger partial charge in [0.2, 0.25) is 5.91 Å². The number of nitrogens with zero attached hydrogens (tertiary/aromatic N) is 1. The lowest BCUT2D eigenvalue weighted by molar-refractivity contribution is -0.117. The molecule has 4 heteroatoms. The molecule has 0 spiro atoms. The largest absolute Gasteiger partial charge is 0.313 e. The molecule has 0 fully saturated rings. The van der Waals surface area contributed by atoms with Crippen LogP contribution >= 0.6 is 11.6 Å². The molecule has 0 saturated heterocycles. The average Bonchev–Trinajstić information content (AvgIpc) is 2.25. The Kier molecular flexibility index (Phi) is 4.59. The third-order valence-electron chi connectivity index (χ3n) is 2.11. The molecule has 0 atom stereocenters. The summed E-state index contributed by atoms with van der Waals surface area (Å²) < 4.78 is 0. The Hall–Kier alpha value is -1.06. The van der Waals surface area contributed by atoms with Gasteiger partial charge in [0.25, 0.3) is 0 Å². The summed E-state index contributed by atoms with van der Waals surface area (Å²) in [6, 6.07) is 7.30. The van der Waals surface area contributed by atoms with Crippen LogP contribution in [0, 0.1) is 0 Å². The van der Waals surface area contributed by atoms with E-state index >= 15 is 0 Å². The fraction of sp³-hybridized carbons (Fsp3) is 0.364. The lowest BCUT2D eigenvalue weighted by Crippen LogP contribution is -2.35. The van der Waals surface area contributed by atoms with Crippen LogP contribution in [0.3, 0.4) is 0 Å². The molecule has 0 aliphatic heterocycles. The molecule has 15 heavy (non-hydrogen) atoms. The van der Waals surface area contributed by atoms with E-state index in [4.69, 9.17) is 11.6 Å². The summed E-state index contributed by atoms with van der Waals surface area (Å²) in [4.78, 5) is 13.2. The van der Waals surface area contributed by atoms with Crippen molar-refractivity contribution in [3.63, 3.8) is 0 Å². The molecule has 0 saturated carbocycles. The lowest BCUT2D eigenvalue weighted by atomic mass is 10.3. The molecule has 0 heterocycles. The van der Waals surface area contributed by atoms with Crippen molar-refractivity contribution in [2.24, 2.45) is 0 Å². The number of carbonyl (C=O) groups excluding carboxylic acids is 1. The standard InChI is InChI=1S/C11H15ClN2O/c1-3-13-8-11(15)14(2)10-7-5-4-6-9(10)12/h4-7,13H,3,8H2,1-2H3. The Morgan fingerprint density at radius 3 is 2.73 bits per heavy atom. The van der Waals surface area contributed by atoms with Gasteiger partial charge in [0.1, 0.15) is 0 Å². The first-order valence-electron chi connectivity index (χ1n) is 4.88. The summed E-state index contributed by atoms with van der Waals surface area (Å²) in [6.07, 6.45) is 0. The van der Waals surface area contributed by atoms with Crippen LogP contribution in [0.2, 0.25) is 5.02 Å². The molecule has 1 amide bonds. The summed E-state index contributed by atoms with van der Waals surface area (Å²) in [6.45, 7) is 3.07. The van der Waals surface area contributed by atoms with Gasteiger partial charge in [-0.05, 0) is 18.7 Å². The van der Waals surface area contributed by atoms with Crippen molar-refractivity contribution in [1.29, 1.82) is 0 Å². The van der Waals surface area contributed by atoms with Gasteiger partial charge in [0.05, 0.1) is 17.3 Å². The van der Waals surface area contributed by atoms with Crippen LogP contribution in [-0.2, 0) is 4.79 Å². The minimum atomic E-state index is 0.00458. The number of benzene rings is 1. The van der Waals surface area contributed by atoms with E-state index in [9.17, 15) is 4.79 Å². The van der Waals surface area contributed by atoms with Crippen molar-refractivity contribution >= 4 is 23.2 Å². The smallest absolute Gasteiger partial charge is 0.240 e. The van der Waals surface area contributed by atoms with Crippen molar-refractivity contribution in [2.75, 3.05) is 25.0 Å². The van der Waals surface area contributed by atoms with Gasteiger partial charge in [0.15, 0.2) is 0 Å². The fourth-order valence-corrected chi connectivity index (χ4v) is 1.47. The van der Waals surface area contributed by atoms with Crippen LogP contribution in [-0.4, -0.2) is 26.0 Å². The van der Waals surface area contributed by atoms with Crippen molar-refractivity contribution in [3.05, 3.63) is 29.3 Å². The van der Waals surface area contributed by atoms with Gasteiger partial charge >= 0.3 is 0 Å². The number of anilines is 1. The van der Waals surface area contributed by atoms with E-state index in [0.717, 1.165) is 12.2 Å². The number of nitrogens with one attached hydrogen (secondary N) is 1. The van der Waals surface area contributed by atoms with Crippen LogP contribution in [0.1, 0.15) is 6.92 Å². The highest BCUT2D eigenvalue weighted by atomic mass is 35.5. The normalized spacial score (nSPS) is 10.1. The zero-order chi connectivity index (χ0) is 11.3. The third-order valence-corrected chi connectivity index (χ3v) is 2.43. The average molecular weight is 227 g/mol. The first kappa shape index (κ1) is 12.0. The molecule has 82 valence electrons. The van der Waals surface area contributed by atoms with Crippen molar-refractivity contribution in [2.45, 2.75) is 6.92 Å². The number of amides is 1. The molecule has 0 unspecified atom stereocenters. The zero-order valence-electron chi connectivity index (χ0n) is 8.96. The van der Waals surface area contributed by atoms with Crippen LogP contribution in [0.5, 0.6) is 0 Å². The van der Waals surface area contributed by atoms with E-state index in [-0.39, 0.29) is 5.91 Å². The Labute approximate surface area is 95.0 Å². The van der Waals surface area contributed by atoms with E-state index in [2.05, 4.69) is 5.32 Å². The molecule has 1 rings (SSSR count). The number of hydrogen-bond donors (Lipinski definition) is 1. The molecule has 0 bridgehead atoms. The number of hydrogen-bond acceptors (Lipinski definition) is 2. The topological polar surface area (TPSA) is 32.3 Å². The lowest BCUT2D eigenvalue weighted by Gasteiger charge is -2.18. The first-order valence-corrected chi connectivity index (χ1v) is 5.26. The first-order chi connectivity index (χ1) is 7.16. The SMILES string of the molecule is CCNCC(=O)N(C)c1ccccc1Cl. The monoisotopic (exact) mass is 226 g/mol. The minimum absolute atomic E-state index is 0.00458. The number of rotatable bonds is 4. The molecular weight excluding hydrogens is 212 g/mol. The Balaban J connectivity index is 2.72. The summed E-state index contributed by atoms with van der Waals surface area (Å²) in [5, 5.41) is 3.57. The maximum absolute atomic E-state index is 11.7. The molecule has 0 aromatic heterocycles. The van der Waals surface area contributed by atoms with Crippen LogP contribution in [0.4, 0.5) is 5.69 Å². The molecule has 0 aliphatic carbocycles. The summed E-state index contributed by atoms with van der Waals surface area (Å²) in [7, 11) is 1.72. The predicted octanol–water partition coefficient (Wildman–Crippen LogP) is 1.91. The van der Waals surface area contributed by atoms with E-state index in [0.29, 0.717) is 11.6 Å². The van der Waals surface area contributed by atoms with Gasteiger partial charge in [-0.1, -0.05) is 30.7 Å². The molecule has 1 N–H and O–H groups in total. The summed E-state index contributed by atoms with van der Waals surface area (Å²) in [5.74, 6) is 0.00458. The van der Waals surface area contributed by atoms with E-state index in [1.54, 1.807) is 18.0 Å². The number of likely N-dealkylation sites (N-methyl/N-ethyl adjacent to an activating group) is 2. The van der Waals surface area contributed by atoms with Crippen molar-refractivity contribution < 1.29 is 4.79 Å². The van der Waals surface area contributed by atoms with Gasteiger partial charge in [-0.15, -0.1) is 0 Å². The van der Waals surface area contributed by atoms with Crippen molar-refractivity contribution in [3.8, 4) is 0 Å². The maximum Gasteiger partial charge on any atom is 0.240 e. The molecule has 0 aliphatic rings. The molecule has 3 nitrogen and oxygen atoms in total. The Morgan fingerprint density at radius 2 is 2.13 bits per heavy atom. The van der Waals surface area contributed by atoms with Gasteiger partial charge in [-0.25, -0.2) is 0 Å². The second-order valence-electron chi connectivity index (χ2n) is 3.18. The Bertz CT molecular complexity index is 341. The second kappa shape index (κ2) is 5.73. The van der Waals surface area contributed by atoms with Crippen LogP contribution < -0.4 is 10.2 Å². The highest BCUT2D eigenvalue weighted by Crippen LogP contribution is 2.23. The summed E-state index contributed by atoms with van der Waals surface area (Å²) >= 11 is 5.98. The van der Waals surface area contributed by atoms with Gasteiger partial charge < -0.3 is 10.2 Å². The second-order valence-corrected chi connectivity index (χ2v) is 3.59. The molecule has 0 radical (unpaired) electrons. The molecule has 1 aromatic rings. The van der Waals surface area contributed by atoms with Crippen LogP contribution in [0.15, 0.2) is 24.3 Å². The highest BCUT2D eigenvalue weighted by molar-refractivity contribution is 6.33. The number of carbonyl (C=O) groups is 1. The van der Waals surface area contributed by atoms with Gasteiger partial charge in [0, 0.05) is 7.05 Å². The fourth-order valence-electron chi connectivity index (χ4n) is 1.21. The minimum Gasteiger partial charge on any atom is -0.313 e. The number of halogens is 1. The Morgan fingerprint density at radius 1 is 1.47 bits per heavy atom. The molecule has 1 aromatic carbocycles. The maximum atomic E-state index is 11.7. The van der Waals surface area contributed by atoms with E-state index < -0.39 is 0 Å². The third kappa shape index (κ3) is 3.22. The quantitative estimate of drug-likeness (QED) is 0.851. The van der Waals surface area contributed by atoms with Gasteiger partial charge in [-0.2, -0.15) is 0 Å². The van der Waals surface area contributed by atoms with Gasteiger partial charge in [-0.3, -0.25) is 4.79 Å². The van der Waals surface area contributed by atoms with E-state index in [1.165, 1.54) is 0 Å². The predicted molar refractivity (Wildman–Crippen MR) is 63.4 cm³/mol.